The van der Waals surface area contributed by atoms with Crippen LogP contribution < -0.4 is 5.32 Å². The molecule has 0 bridgehead atoms. The Morgan fingerprint density at radius 2 is 1.57 bits per heavy atom. The molecule has 0 spiro atoms. The fraction of sp³-hybridized carbons (Fsp3) is 0.0435. The maximum atomic E-state index is 13.8. The number of carbonyl (C=O) groups is 1. The molecule has 28 heavy (non-hydrogen) atoms. The zero-order chi connectivity index (χ0) is 19.3. The number of amides is 1. The van der Waals surface area contributed by atoms with Crippen molar-refractivity contribution in [2.45, 2.75) is 6.54 Å². The van der Waals surface area contributed by atoms with Crippen molar-refractivity contribution < 1.29 is 13.7 Å². The lowest BCUT2D eigenvalue weighted by atomic mass is 10.0. The zero-order valence-electron chi connectivity index (χ0n) is 14.9. The third-order valence-electron chi connectivity index (χ3n) is 4.38. The van der Waals surface area contributed by atoms with Gasteiger partial charge < -0.3 is 9.84 Å². The largest absolute Gasteiger partial charge is 0.356 e. The Kier molecular flexibility index (Phi) is 4.97. The molecule has 0 saturated heterocycles. The van der Waals surface area contributed by atoms with Crippen LogP contribution in [0, 0.1) is 5.82 Å². The van der Waals surface area contributed by atoms with Gasteiger partial charge in [-0.25, -0.2) is 4.39 Å². The SMILES string of the molecule is O=C(NCc1cc(-c2ccccc2F)on1)c1ccc(-c2ccccc2)cc1. The Labute approximate surface area is 161 Å². The van der Waals surface area contributed by atoms with Crippen LogP contribution in [0.2, 0.25) is 0 Å². The first-order valence-corrected chi connectivity index (χ1v) is 8.85. The Hall–Kier alpha value is -3.73. The number of carbonyl (C=O) groups excluding carboxylic acids is 1. The van der Waals surface area contributed by atoms with E-state index in [0.717, 1.165) is 11.1 Å². The van der Waals surface area contributed by atoms with Gasteiger partial charge in [0.15, 0.2) is 5.76 Å². The molecule has 0 atom stereocenters. The van der Waals surface area contributed by atoms with Gasteiger partial charge in [-0.2, -0.15) is 0 Å². The molecule has 4 nitrogen and oxygen atoms in total. The van der Waals surface area contributed by atoms with E-state index in [0.29, 0.717) is 22.6 Å². The number of nitrogens with one attached hydrogen (secondary N) is 1. The number of hydrogen-bond donors (Lipinski definition) is 1. The Morgan fingerprint density at radius 1 is 0.893 bits per heavy atom. The Bertz CT molecular complexity index is 1090. The van der Waals surface area contributed by atoms with Crippen molar-refractivity contribution in [2.24, 2.45) is 0 Å². The number of halogens is 1. The molecular weight excluding hydrogens is 355 g/mol. The zero-order valence-corrected chi connectivity index (χ0v) is 14.9. The minimum absolute atomic E-state index is 0.192. The van der Waals surface area contributed by atoms with E-state index in [9.17, 15) is 9.18 Å². The number of nitrogens with zero attached hydrogens (tertiary/aromatic N) is 1. The highest BCUT2D eigenvalue weighted by molar-refractivity contribution is 5.94. The summed E-state index contributed by atoms with van der Waals surface area (Å²) < 4.78 is 19.0. The summed E-state index contributed by atoms with van der Waals surface area (Å²) >= 11 is 0. The van der Waals surface area contributed by atoms with Crippen LogP contribution in [-0.2, 0) is 6.54 Å². The lowest BCUT2D eigenvalue weighted by molar-refractivity contribution is 0.0950. The van der Waals surface area contributed by atoms with Crippen molar-refractivity contribution in [1.29, 1.82) is 0 Å². The minimum Gasteiger partial charge on any atom is -0.356 e. The highest BCUT2D eigenvalue weighted by atomic mass is 19.1. The summed E-state index contributed by atoms with van der Waals surface area (Å²) in [5.41, 5.74) is 3.55. The summed E-state index contributed by atoms with van der Waals surface area (Å²) in [6, 6.07) is 25.3. The molecule has 0 fully saturated rings. The van der Waals surface area contributed by atoms with Crippen molar-refractivity contribution in [3.63, 3.8) is 0 Å². The maximum absolute atomic E-state index is 13.8. The molecule has 0 unspecified atom stereocenters. The summed E-state index contributed by atoms with van der Waals surface area (Å²) in [5.74, 6) is -0.266. The highest BCUT2D eigenvalue weighted by Crippen LogP contribution is 2.23. The second kappa shape index (κ2) is 7.88. The van der Waals surface area contributed by atoms with Crippen LogP contribution in [0.4, 0.5) is 4.39 Å². The van der Waals surface area contributed by atoms with Gasteiger partial charge in [-0.05, 0) is 35.4 Å². The average Bonchev–Trinajstić information content (AvgIpc) is 3.22. The minimum atomic E-state index is -0.382. The molecule has 0 aliphatic heterocycles. The van der Waals surface area contributed by atoms with E-state index in [-0.39, 0.29) is 18.3 Å². The third kappa shape index (κ3) is 3.83. The number of rotatable bonds is 5. The Morgan fingerprint density at radius 3 is 2.32 bits per heavy atom. The van der Waals surface area contributed by atoms with Crippen molar-refractivity contribution >= 4 is 5.91 Å². The topological polar surface area (TPSA) is 55.1 Å². The van der Waals surface area contributed by atoms with E-state index in [1.807, 2.05) is 42.5 Å². The van der Waals surface area contributed by atoms with Gasteiger partial charge in [0, 0.05) is 11.6 Å². The maximum Gasteiger partial charge on any atom is 0.251 e. The first-order chi connectivity index (χ1) is 13.7. The molecular formula is C23H17FN2O2. The summed E-state index contributed by atoms with van der Waals surface area (Å²) in [7, 11) is 0. The monoisotopic (exact) mass is 372 g/mol. The molecule has 1 amide bonds. The van der Waals surface area contributed by atoms with Gasteiger partial charge in [0.2, 0.25) is 0 Å². The quantitative estimate of drug-likeness (QED) is 0.532. The van der Waals surface area contributed by atoms with Gasteiger partial charge in [-0.3, -0.25) is 4.79 Å². The van der Waals surface area contributed by atoms with Crippen LogP contribution in [-0.4, -0.2) is 11.1 Å². The van der Waals surface area contributed by atoms with E-state index in [2.05, 4.69) is 10.5 Å². The van der Waals surface area contributed by atoms with Crippen molar-refractivity contribution in [2.75, 3.05) is 0 Å². The van der Waals surface area contributed by atoms with Crippen LogP contribution in [0.15, 0.2) is 89.5 Å². The van der Waals surface area contributed by atoms with Crippen LogP contribution in [0.25, 0.3) is 22.5 Å². The van der Waals surface area contributed by atoms with Crippen LogP contribution in [0.5, 0.6) is 0 Å². The van der Waals surface area contributed by atoms with E-state index in [4.69, 9.17) is 4.52 Å². The fourth-order valence-electron chi connectivity index (χ4n) is 2.90. The first kappa shape index (κ1) is 17.7. The fourth-order valence-corrected chi connectivity index (χ4v) is 2.90. The van der Waals surface area contributed by atoms with E-state index in [1.54, 1.807) is 36.4 Å². The second-order valence-electron chi connectivity index (χ2n) is 6.29. The first-order valence-electron chi connectivity index (χ1n) is 8.85. The van der Waals surface area contributed by atoms with Crippen LogP contribution >= 0.6 is 0 Å². The lowest BCUT2D eigenvalue weighted by Gasteiger charge is -2.05. The van der Waals surface area contributed by atoms with E-state index in [1.165, 1.54) is 6.07 Å². The second-order valence-corrected chi connectivity index (χ2v) is 6.29. The van der Waals surface area contributed by atoms with Crippen LogP contribution in [0.3, 0.4) is 0 Å². The molecule has 4 rings (SSSR count). The molecule has 1 aromatic heterocycles. The molecule has 4 aromatic rings. The molecule has 138 valence electrons. The molecule has 0 saturated carbocycles. The lowest BCUT2D eigenvalue weighted by Crippen LogP contribution is -2.22. The van der Waals surface area contributed by atoms with Crippen molar-refractivity contribution in [3.8, 4) is 22.5 Å². The normalized spacial score (nSPS) is 10.6. The van der Waals surface area contributed by atoms with Gasteiger partial charge in [-0.15, -0.1) is 0 Å². The summed E-state index contributed by atoms with van der Waals surface area (Å²) in [6.07, 6.45) is 0. The molecule has 1 N–H and O–H groups in total. The summed E-state index contributed by atoms with van der Waals surface area (Å²) in [4.78, 5) is 12.4. The van der Waals surface area contributed by atoms with Crippen molar-refractivity contribution in [3.05, 3.63) is 102 Å². The average molecular weight is 372 g/mol. The predicted octanol–water partition coefficient (Wildman–Crippen LogP) is 5.08. The molecule has 1 heterocycles. The molecule has 0 aliphatic rings. The highest BCUT2D eigenvalue weighted by Gasteiger charge is 2.12. The van der Waals surface area contributed by atoms with Crippen LogP contribution in [0.1, 0.15) is 16.1 Å². The van der Waals surface area contributed by atoms with Gasteiger partial charge in [0.1, 0.15) is 11.5 Å². The predicted molar refractivity (Wildman–Crippen MR) is 105 cm³/mol. The summed E-state index contributed by atoms with van der Waals surface area (Å²) in [6.45, 7) is 0.192. The summed E-state index contributed by atoms with van der Waals surface area (Å²) in [5, 5.41) is 6.70. The molecule has 5 heteroatoms. The van der Waals surface area contributed by atoms with Gasteiger partial charge in [-0.1, -0.05) is 59.8 Å². The van der Waals surface area contributed by atoms with Gasteiger partial charge >= 0.3 is 0 Å². The third-order valence-corrected chi connectivity index (χ3v) is 4.38. The number of hydrogen-bond acceptors (Lipinski definition) is 3. The van der Waals surface area contributed by atoms with Gasteiger partial charge in [0.25, 0.3) is 5.91 Å². The number of benzene rings is 3. The van der Waals surface area contributed by atoms with Gasteiger partial charge in [0.05, 0.1) is 12.1 Å². The molecule has 3 aromatic carbocycles. The van der Waals surface area contributed by atoms with E-state index >= 15 is 0 Å². The molecule has 0 aliphatic carbocycles. The Balaban J connectivity index is 1.40. The number of aromatic nitrogens is 1. The molecule has 0 radical (unpaired) electrons. The smallest absolute Gasteiger partial charge is 0.251 e. The van der Waals surface area contributed by atoms with E-state index < -0.39 is 0 Å². The van der Waals surface area contributed by atoms with Crippen molar-refractivity contribution in [1.82, 2.24) is 10.5 Å². The standard InChI is InChI=1S/C23H17FN2O2/c24-21-9-5-4-8-20(21)22-14-19(26-28-22)15-25-23(27)18-12-10-17(11-13-18)16-6-2-1-3-7-16/h1-14H,15H2,(H,25,27).